The summed E-state index contributed by atoms with van der Waals surface area (Å²) in [5.41, 5.74) is -0.206. The lowest BCUT2D eigenvalue weighted by atomic mass is 9.91. The minimum absolute atomic E-state index is 0.206. The molecule has 1 rings (SSSR count). The monoisotopic (exact) mass is 730 g/mol. The van der Waals surface area contributed by atoms with Crippen LogP contribution in [0.25, 0.3) is 0 Å². The van der Waals surface area contributed by atoms with E-state index in [1.165, 1.54) is 0 Å². The van der Waals surface area contributed by atoms with E-state index < -0.39 is 83.0 Å². The molecule has 0 atom stereocenters. The van der Waals surface area contributed by atoms with E-state index in [2.05, 4.69) is 3.63 Å². The SMILES string of the molecule is CS(C)(Cc1ccc(S(C)(=O)=O)cc1)OS(=O)(=O)C(F)(F)C(F)(F)C(F)(F)C(F)(F)C(F)(F)C(F)(F)C(F)(F)C(F)(F)F. The van der Waals surface area contributed by atoms with Gasteiger partial charge in [-0.15, -0.1) is 10.3 Å². The Morgan fingerprint density at radius 2 is 0.860 bits per heavy atom. The summed E-state index contributed by atoms with van der Waals surface area (Å²) in [5, 5.41) is -7.78. The maximum atomic E-state index is 14.3. The highest BCUT2D eigenvalue weighted by molar-refractivity contribution is 8.31. The Balaban J connectivity index is 3.58. The molecule has 0 saturated carbocycles. The van der Waals surface area contributed by atoms with Crippen molar-refractivity contribution >= 4 is 30.3 Å². The number of hydrogen-bond acceptors (Lipinski definition) is 5. The Kier molecular flexibility index (Phi) is 9.73. The maximum Gasteiger partial charge on any atom is 0.460 e. The van der Waals surface area contributed by atoms with Gasteiger partial charge in [-0.2, -0.15) is 83.1 Å². The van der Waals surface area contributed by atoms with Crippen LogP contribution in [0.3, 0.4) is 0 Å². The molecule has 0 bridgehead atoms. The van der Waals surface area contributed by atoms with Gasteiger partial charge >= 0.3 is 57.1 Å². The maximum absolute atomic E-state index is 14.3. The van der Waals surface area contributed by atoms with E-state index in [1.807, 2.05) is 0 Å². The molecule has 0 N–H and O–H groups in total. The third kappa shape index (κ3) is 6.22. The summed E-state index contributed by atoms with van der Waals surface area (Å²) < 4.78 is 279. The molecule has 0 unspecified atom stereocenters. The van der Waals surface area contributed by atoms with Gasteiger partial charge < -0.3 is 0 Å². The van der Waals surface area contributed by atoms with Crippen molar-refractivity contribution in [3.8, 4) is 0 Å². The van der Waals surface area contributed by atoms with Gasteiger partial charge in [0.15, 0.2) is 9.84 Å². The number of alkyl halides is 17. The summed E-state index contributed by atoms with van der Waals surface area (Å²) in [6.07, 6.45) is -6.13. The van der Waals surface area contributed by atoms with Crippen LogP contribution in [0.1, 0.15) is 5.56 Å². The molecule has 0 saturated heterocycles. The number of sulfone groups is 1. The number of hydrogen-bond donors (Lipinski definition) is 0. The van der Waals surface area contributed by atoms with Crippen molar-refractivity contribution < 1.29 is 95.1 Å². The zero-order valence-corrected chi connectivity index (χ0v) is 23.2. The predicted molar refractivity (Wildman–Crippen MR) is 113 cm³/mol. The van der Waals surface area contributed by atoms with Crippen LogP contribution in [0.2, 0.25) is 0 Å². The molecule has 0 aromatic heterocycles. The van der Waals surface area contributed by atoms with E-state index in [9.17, 15) is 91.5 Å². The van der Waals surface area contributed by atoms with Gasteiger partial charge in [-0.1, -0.05) is 12.1 Å². The summed E-state index contributed by atoms with van der Waals surface area (Å²) in [4.78, 5) is -0.359. The average molecular weight is 730 g/mol. The molecule has 0 amide bonds. The lowest BCUT2D eigenvalue weighted by molar-refractivity contribution is -0.458. The summed E-state index contributed by atoms with van der Waals surface area (Å²) >= 11 is 0. The molecule has 0 aliphatic rings. The third-order valence-electron chi connectivity index (χ3n) is 5.15. The van der Waals surface area contributed by atoms with Crippen molar-refractivity contribution in [2.75, 3.05) is 18.8 Å². The molecule has 0 spiro atoms. The second-order valence-electron chi connectivity index (χ2n) is 8.98. The molecule has 0 heterocycles. The quantitative estimate of drug-likeness (QED) is 0.219. The van der Waals surface area contributed by atoms with Crippen LogP contribution in [0, 0.1) is 0 Å². The van der Waals surface area contributed by atoms with E-state index in [0.717, 1.165) is 30.5 Å². The Labute approximate surface area is 231 Å². The first-order valence-corrected chi connectivity index (χ1v) is 15.9. The van der Waals surface area contributed by atoms with Crippen LogP contribution in [0.15, 0.2) is 29.2 Å². The highest BCUT2D eigenvalue weighted by atomic mass is 32.3. The number of benzene rings is 1. The van der Waals surface area contributed by atoms with Gasteiger partial charge in [-0.05, 0) is 30.2 Å². The summed E-state index contributed by atoms with van der Waals surface area (Å²) in [5.74, 6) is -53.1. The fourth-order valence-electron chi connectivity index (χ4n) is 2.85. The first kappa shape index (κ1) is 39.3. The molecule has 1 aromatic rings. The van der Waals surface area contributed by atoms with Crippen molar-refractivity contribution in [1.82, 2.24) is 0 Å². The molecule has 43 heavy (non-hydrogen) atoms. The molecule has 1 aromatic carbocycles. The fourth-order valence-corrected chi connectivity index (χ4v) is 7.39. The number of rotatable bonds is 12. The summed E-state index contributed by atoms with van der Waals surface area (Å²) in [6, 6.07) is 3.50. The van der Waals surface area contributed by atoms with E-state index in [4.69, 9.17) is 0 Å². The van der Waals surface area contributed by atoms with Crippen LogP contribution in [-0.2, 0) is 29.3 Å². The first-order chi connectivity index (χ1) is 18.4. The predicted octanol–water partition coefficient (Wildman–Crippen LogP) is 6.88. The largest absolute Gasteiger partial charge is 0.460 e. The third-order valence-corrected chi connectivity index (χ3v) is 10.4. The van der Waals surface area contributed by atoms with Gasteiger partial charge in [0.05, 0.1) is 4.90 Å². The lowest BCUT2D eigenvalue weighted by Gasteiger charge is -2.42. The molecule has 254 valence electrons. The van der Waals surface area contributed by atoms with Crippen LogP contribution in [0.4, 0.5) is 74.6 Å². The van der Waals surface area contributed by atoms with Crippen LogP contribution in [0.5, 0.6) is 0 Å². The molecule has 0 aliphatic carbocycles. The van der Waals surface area contributed by atoms with E-state index in [-0.39, 0.29) is 10.5 Å². The van der Waals surface area contributed by atoms with Gasteiger partial charge in [0.25, 0.3) is 0 Å². The minimum atomic E-state index is -8.94. The van der Waals surface area contributed by atoms with Crippen LogP contribution in [-0.4, -0.2) is 82.6 Å². The lowest BCUT2D eigenvalue weighted by Crippen LogP contribution is -2.75. The van der Waals surface area contributed by atoms with Crippen molar-refractivity contribution in [3.63, 3.8) is 0 Å². The zero-order chi connectivity index (χ0) is 34.9. The number of halogens is 17. The van der Waals surface area contributed by atoms with Gasteiger partial charge in [0.2, 0.25) is 0 Å². The van der Waals surface area contributed by atoms with Crippen molar-refractivity contribution in [2.24, 2.45) is 0 Å². The Hall–Kier alpha value is -1.76. The smallest absolute Gasteiger partial charge is 0.224 e. The molecule has 25 heteroatoms. The van der Waals surface area contributed by atoms with E-state index in [0.29, 0.717) is 12.5 Å². The van der Waals surface area contributed by atoms with Gasteiger partial charge in [-0.3, -0.25) is 0 Å². The Morgan fingerprint density at radius 1 is 0.535 bits per heavy atom. The first-order valence-electron chi connectivity index (χ1n) is 10.1. The second kappa shape index (κ2) is 10.7. The molecule has 0 aliphatic heterocycles. The van der Waals surface area contributed by atoms with E-state index in [1.54, 1.807) is 0 Å². The highest BCUT2D eigenvalue weighted by Crippen LogP contribution is 2.65. The Morgan fingerprint density at radius 3 is 1.19 bits per heavy atom. The van der Waals surface area contributed by atoms with Gasteiger partial charge in [0, 0.05) is 12.0 Å². The summed E-state index contributed by atoms with van der Waals surface area (Å²) in [6.45, 7) is 0. The molecule has 0 radical (unpaired) electrons. The standard InChI is InChI=1S/C18H15F17O5S3/c1-41(2,8-9-4-6-10(7-5-9)42(3,36)37)40-43(38,39)18(34,35)16(29,30)14(25,26)12(21,22)11(19,20)13(23,24)15(27,28)17(31,32)33/h4-7H,8H2,1-3H3. The summed E-state index contributed by atoms with van der Waals surface area (Å²) in [7, 11) is -15.4. The van der Waals surface area contributed by atoms with Crippen molar-refractivity contribution in [2.45, 2.75) is 57.6 Å². The normalized spacial score (nSPS) is 16.4. The van der Waals surface area contributed by atoms with Crippen molar-refractivity contribution in [3.05, 3.63) is 29.8 Å². The molecular formula is C18H15F17O5S3. The highest BCUT2D eigenvalue weighted by Gasteiger charge is 2.96. The van der Waals surface area contributed by atoms with Gasteiger partial charge in [0.1, 0.15) is 0 Å². The Bertz CT molecular complexity index is 1400. The molecular weight excluding hydrogens is 715 g/mol. The van der Waals surface area contributed by atoms with Crippen molar-refractivity contribution in [1.29, 1.82) is 0 Å². The van der Waals surface area contributed by atoms with Gasteiger partial charge in [-0.25, -0.2) is 12.0 Å². The molecule has 5 nitrogen and oxygen atoms in total. The average Bonchev–Trinajstić information content (AvgIpc) is 2.76. The topological polar surface area (TPSA) is 77.5 Å². The fraction of sp³-hybridized carbons (Fsp3) is 0.667. The zero-order valence-electron chi connectivity index (χ0n) is 20.7. The van der Waals surface area contributed by atoms with Crippen LogP contribution < -0.4 is 0 Å². The van der Waals surface area contributed by atoms with Crippen LogP contribution >= 0.6 is 10.3 Å². The van der Waals surface area contributed by atoms with E-state index >= 15 is 0 Å². The molecule has 0 fully saturated rings. The minimum Gasteiger partial charge on any atom is -0.224 e. The second-order valence-corrected chi connectivity index (χ2v) is 16.1.